The Kier molecular flexibility index (Phi) is 1.80. The molecule has 4 heteroatoms. The normalized spacial score (nSPS) is 16.5. The van der Waals surface area contributed by atoms with Crippen molar-refractivity contribution in [2.75, 3.05) is 0 Å². The molecule has 2 aromatic heterocycles. The second kappa shape index (κ2) is 3.15. The predicted octanol–water partition coefficient (Wildman–Crippen LogP) is 1.81. The summed E-state index contributed by atoms with van der Waals surface area (Å²) in [6.07, 6.45) is 4.42. The maximum absolute atomic E-state index is 10.8. The van der Waals surface area contributed by atoms with Crippen molar-refractivity contribution in [3.63, 3.8) is 0 Å². The SMILES string of the molecule is O=Cc1cccc2nc(C3CCC3)nn12. The van der Waals surface area contributed by atoms with E-state index in [0.717, 1.165) is 17.8 Å². The molecule has 0 bridgehead atoms. The van der Waals surface area contributed by atoms with Gasteiger partial charge in [0.1, 0.15) is 5.69 Å². The number of carbonyl (C=O) groups is 1. The quantitative estimate of drug-likeness (QED) is 0.696. The Bertz CT molecular complexity index is 514. The van der Waals surface area contributed by atoms with Crippen LogP contribution >= 0.6 is 0 Å². The summed E-state index contributed by atoms with van der Waals surface area (Å²) in [6.45, 7) is 0. The van der Waals surface area contributed by atoms with Gasteiger partial charge in [0.15, 0.2) is 17.8 Å². The minimum atomic E-state index is 0.504. The van der Waals surface area contributed by atoms with Crippen LogP contribution in [-0.2, 0) is 0 Å². The molecule has 1 aliphatic carbocycles. The molecule has 0 N–H and O–H groups in total. The number of hydrogen-bond acceptors (Lipinski definition) is 3. The fourth-order valence-electron chi connectivity index (χ4n) is 1.87. The van der Waals surface area contributed by atoms with Gasteiger partial charge in [-0.25, -0.2) is 9.50 Å². The minimum absolute atomic E-state index is 0.504. The van der Waals surface area contributed by atoms with Gasteiger partial charge in [0.2, 0.25) is 0 Å². The number of rotatable bonds is 2. The minimum Gasteiger partial charge on any atom is -0.296 e. The zero-order valence-corrected chi connectivity index (χ0v) is 8.26. The predicted molar refractivity (Wildman–Crippen MR) is 55.0 cm³/mol. The van der Waals surface area contributed by atoms with Crippen LogP contribution < -0.4 is 0 Å². The highest BCUT2D eigenvalue weighted by molar-refractivity contribution is 5.73. The van der Waals surface area contributed by atoms with E-state index in [0.29, 0.717) is 11.6 Å². The summed E-state index contributed by atoms with van der Waals surface area (Å²) >= 11 is 0. The molecule has 0 atom stereocenters. The van der Waals surface area contributed by atoms with Crippen molar-refractivity contribution in [1.29, 1.82) is 0 Å². The highest BCUT2D eigenvalue weighted by Gasteiger charge is 2.23. The van der Waals surface area contributed by atoms with E-state index in [1.807, 2.05) is 12.1 Å². The highest BCUT2D eigenvalue weighted by Crippen LogP contribution is 2.34. The molecule has 76 valence electrons. The molecule has 0 aliphatic heterocycles. The molecule has 1 saturated carbocycles. The van der Waals surface area contributed by atoms with Gasteiger partial charge in [0.25, 0.3) is 0 Å². The van der Waals surface area contributed by atoms with E-state index < -0.39 is 0 Å². The van der Waals surface area contributed by atoms with Crippen molar-refractivity contribution in [1.82, 2.24) is 14.6 Å². The van der Waals surface area contributed by atoms with Gasteiger partial charge in [-0.2, -0.15) is 5.10 Å². The number of aldehydes is 1. The second-order valence-electron chi connectivity index (χ2n) is 3.94. The smallest absolute Gasteiger partial charge is 0.168 e. The molecule has 3 rings (SSSR count). The Morgan fingerprint density at radius 3 is 2.93 bits per heavy atom. The van der Waals surface area contributed by atoms with E-state index in [1.165, 1.54) is 19.3 Å². The lowest BCUT2D eigenvalue weighted by molar-refractivity contribution is 0.111. The Morgan fingerprint density at radius 1 is 1.40 bits per heavy atom. The van der Waals surface area contributed by atoms with Gasteiger partial charge in [-0.05, 0) is 25.0 Å². The van der Waals surface area contributed by atoms with Gasteiger partial charge >= 0.3 is 0 Å². The summed E-state index contributed by atoms with van der Waals surface area (Å²) in [7, 11) is 0. The van der Waals surface area contributed by atoms with Crippen molar-refractivity contribution in [3.8, 4) is 0 Å². The van der Waals surface area contributed by atoms with Gasteiger partial charge < -0.3 is 0 Å². The molecular weight excluding hydrogens is 190 g/mol. The summed E-state index contributed by atoms with van der Waals surface area (Å²) in [5.41, 5.74) is 1.33. The van der Waals surface area contributed by atoms with E-state index in [-0.39, 0.29) is 0 Å². The molecular formula is C11H11N3O. The number of carbonyl (C=O) groups excluding carboxylic acids is 1. The maximum Gasteiger partial charge on any atom is 0.168 e. The van der Waals surface area contributed by atoms with E-state index in [1.54, 1.807) is 10.6 Å². The molecule has 1 fully saturated rings. The Hall–Kier alpha value is -1.71. The van der Waals surface area contributed by atoms with Gasteiger partial charge in [-0.3, -0.25) is 4.79 Å². The molecule has 0 spiro atoms. The summed E-state index contributed by atoms with van der Waals surface area (Å²) in [6, 6.07) is 5.46. The van der Waals surface area contributed by atoms with Crippen molar-refractivity contribution in [2.45, 2.75) is 25.2 Å². The monoisotopic (exact) mass is 201 g/mol. The molecule has 4 nitrogen and oxygen atoms in total. The fraction of sp³-hybridized carbons (Fsp3) is 0.364. The third-order valence-corrected chi connectivity index (χ3v) is 3.00. The lowest BCUT2D eigenvalue weighted by Crippen LogP contribution is -2.10. The first-order chi connectivity index (χ1) is 7.38. The number of hydrogen-bond donors (Lipinski definition) is 0. The topological polar surface area (TPSA) is 47.3 Å². The van der Waals surface area contributed by atoms with Gasteiger partial charge in [0, 0.05) is 5.92 Å². The van der Waals surface area contributed by atoms with Crippen LogP contribution in [-0.4, -0.2) is 20.9 Å². The van der Waals surface area contributed by atoms with Crippen LogP contribution in [0.4, 0.5) is 0 Å². The summed E-state index contributed by atoms with van der Waals surface area (Å²) in [4.78, 5) is 15.2. The third kappa shape index (κ3) is 1.25. The first-order valence-electron chi connectivity index (χ1n) is 5.19. The van der Waals surface area contributed by atoms with Crippen LogP contribution in [0.25, 0.3) is 5.65 Å². The number of fused-ring (bicyclic) bond motifs is 1. The van der Waals surface area contributed by atoms with Crippen LogP contribution in [0, 0.1) is 0 Å². The average molecular weight is 201 g/mol. The van der Waals surface area contributed by atoms with Crippen LogP contribution in [0.1, 0.15) is 41.5 Å². The standard InChI is InChI=1S/C11H11N3O/c15-7-9-5-2-6-10-12-11(13-14(9)10)8-3-1-4-8/h2,5-8H,1,3-4H2. The molecule has 0 saturated heterocycles. The van der Waals surface area contributed by atoms with Crippen molar-refractivity contribution in [2.24, 2.45) is 0 Å². The first kappa shape index (κ1) is 8.59. The maximum atomic E-state index is 10.8. The average Bonchev–Trinajstić information content (AvgIpc) is 2.57. The van der Waals surface area contributed by atoms with Crippen LogP contribution in [0.3, 0.4) is 0 Å². The molecule has 0 radical (unpaired) electrons. The van der Waals surface area contributed by atoms with E-state index in [2.05, 4.69) is 10.1 Å². The van der Waals surface area contributed by atoms with Crippen molar-refractivity contribution in [3.05, 3.63) is 29.7 Å². The molecule has 2 heterocycles. The van der Waals surface area contributed by atoms with Crippen molar-refractivity contribution >= 4 is 11.9 Å². The number of aromatic nitrogens is 3. The largest absolute Gasteiger partial charge is 0.296 e. The summed E-state index contributed by atoms with van der Waals surface area (Å²) < 4.78 is 1.63. The van der Waals surface area contributed by atoms with Gasteiger partial charge in [-0.1, -0.05) is 12.5 Å². The zero-order chi connectivity index (χ0) is 10.3. The van der Waals surface area contributed by atoms with E-state index in [4.69, 9.17) is 0 Å². The molecule has 0 amide bonds. The lowest BCUT2D eigenvalue weighted by atomic mass is 9.85. The van der Waals surface area contributed by atoms with Crippen LogP contribution in [0.2, 0.25) is 0 Å². The third-order valence-electron chi connectivity index (χ3n) is 3.00. The van der Waals surface area contributed by atoms with Crippen molar-refractivity contribution < 1.29 is 4.79 Å². The molecule has 1 aliphatic rings. The molecule has 0 unspecified atom stereocenters. The second-order valence-corrected chi connectivity index (χ2v) is 3.94. The van der Waals surface area contributed by atoms with Crippen LogP contribution in [0.5, 0.6) is 0 Å². The first-order valence-corrected chi connectivity index (χ1v) is 5.19. The number of pyridine rings is 1. The van der Waals surface area contributed by atoms with E-state index >= 15 is 0 Å². The number of nitrogens with zero attached hydrogens (tertiary/aromatic N) is 3. The lowest BCUT2D eigenvalue weighted by Gasteiger charge is -2.21. The summed E-state index contributed by atoms with van der Waals surface area (Å²) in [5.74, 6) is 1.39. The Balaban J connectivity index is 2.15. The Morgan fingerprint density at radius 2 is 2.27 bits per heavy atom. The van der Waals surface area contributed by atoms with E-state index in [9.17, 15) is 4.79 Å². The molecule has 2 aromatic rings. The molecule has 15 heavy (non-hydrogen) atoms. The van der Waals surface area contributed by atoms with Crippen LogP contribution in [0.15, 0.2) is 18.2 Å². The highest BCUT2D eigenvalue weighted by atomic mass is 16.1. The summed E-state index contributed by atoms with van der Waals surface area (Å²) in [5, 5.41) is 4.38. The zero-order valence-electron chi connectivity index (χ0n) is 8.26. The van der Waals surface area contributed by atoms with Gasteiger partial charge in [-0.15, -0.1) is 0 Å². The molecule has 0 aromatic carbocycles. The Labute approximate surface area is 86.9 Å². The van der Waals surface area contributed by atoms with Gasteiger partial charge in [0.05, 0.1) is 0 Å². The fourth-order valence-corrected chi connectivity index (χ4v) is 1.87.